The Hall–Kier alpha value is -0.673. The van der Waals surface area contributed by atoms with Gasteiger partial charge >= 0.3 is 0 Å². The van der Waals surface area contributed by atoms with Crippen LogP contribution < -0.4 is 0 Å². The molecule has 2 rings (SSSR count). The Kier molecular flexibility index (Phi) is 5.36. The van der Waals surface area contributed by atoms with Crippen LogP contribution in [0.25, 0.3) is 0 Å². The summed E-state index contributed by atoms with van der Waals surface area (Å²) >= 11 is 0. The summed E-state index contributed by atoms with van der Waals surface area (Å²) in [6.45, 7) is 22.4. The molecule has 0 radical (unpaired) electrons. The number of allylic oxidation sites excluding steroid dienone is 2. The maximum absolute atomic E-state index is 12.6. The molecule has 0 aromatic carbocycles. The summed E-state index contributed by atoms with van der Waals surface area (Å²) in [5.74, 6) is 0.356. The van der Waals surface area contributed by atoms with Crippen LogP contribution >= 0.6 is 0 Å². The van der Waals surface area contributed by atoms with E-state index in [-0.39, 0.29) is 33.7 Å². The molecule has 0 bridgehead atoms. The summed E-state index contributed by atoms with van der Waals surface area (Å²) in [4.78, 5) is 12.6. The van der Waals surface area contributed by atoms with E-state index in [4.69, 9.17) is 4.43 Å². The van der Waals surface area contributed by atoms with Gasteiger partial charge < -0.3 is 4.43 Å². The largest absolute Gasteiger partial charge is 0.413 e. The van der Waals surface area contributed by atoms with Crippen molar-refractivity contribution in [2.75, 3.05) is 0 Å². The number of hydrogen-bond acceptors (Lipinski definition) is 2. The summed E-state index contributed by atoms with van der Waals surface area (Å²) in [5, 5.41) is 0.194. The van der Waals surface area contributed by atoms with E-state index in [0.717, 1.165) is 25.7 Å². The molecule has 142 valence electrons. The van der Waals surface area contributed by atoms with E-state index in [1.165, 1.54) is 5.57 Å². The second-order valence-corrected chi connectivity index (χ2v) is 15.6. The van der Waals surface area contributed by atoms with Crippen molar-refractivity contribution in [2.24, 2.45) is 16.7 Å². The van der Waals surface area contributed by atoms with Crippen LogP contribution in [-0.2, 0) is 9.22 Å². The first kappa shape index (κ1) is 20.6. The van der Waals surface area contributed by atoms with Crippen molar-refractivity contribution >= 4 is 14.1 Å². The summed E-state index contributed by atoms with van der Waals surface area (Å²) in [6.07, 6.45) is 7.80. The second-order valence-electron chi connectivity index (χ2n) is 10.8. The average Bonchev–Trinajstić information content (AvgIpc) is 2.40. The minimum atomic E-state index is -1.87. The van der Waals surface area contributed by atoms with Crippen LogP contribution in [0.5, 0.6) is 0 Å². The van der Waals surface area contributed by atoms with Crippen molar-refractivity contribution in [3.8, 4) is 0 Å². The maximum Gasteiger partial charge on any atom is 0.192 e. The van der Waals surface area contributed by atoms with Crippen LogP contribution in [0, 0.1) is 16.7 Å². The molecule has 0 unspecified atom stereocenters. The highest BCUT2D eigenvalue weighted by Crippen LogP contribution is 2.56. The number of carbonyl (C=O) groups is 1. The van der Waals surface area contributed by atoms with Gasteiger partial charge in [0, 0.05) is 11.3 Å². The van der Waals surface area contributed by atoms with Gasteiger partial charge in [-0.25, -0.2) is 0 Å². The van der Waals surface area contributed by atoms with E-state index < -0.39 is 8.32 Å². The quantitative estimate of drug-likeness (QED) is 0.433. The summed E-state index contributed by atoms with van der Waals surface area (Å²) in [5.41, 5.74) is 1.48. The lowest BCUT2D eigenvalue weighted by Gasteiger charge is -2.55. The molecule has 0 aliphatic heterocycles. The van der Waals surface area contributed by atoms with Crippen molar-refractivity contribution < 1.29 is 9.22 Å². The van der Waals surface area contributed by atoms with Crippen LogP contribution in [0.4, 0.5) is 0 Å². The molecule has 0 aromatic heterocycles. The van der Waals surface area contributed by atoms with Crippen molar-refractivity contribution in [3.05, 3.63) is 24.3 Å². The lowest BCUT2D eigenvalue weighted by Crippen LogP contribution is -2.54. The topological polar surface area (TPSA) is 26.3 Å². The lowest BCUT2D eigenvalue weighted by molar-refractivity contribution is -0.121. The van der Waals surface area contributed by atoms with Gasteiger partial charge in [-0.1, -0.05) is 53.2 Å². The Bertz CT molecular complexity index is 579. The van der Waals surface area contributed by atoms with Crippen molar-refractivity contribution in [1.29, 1.82) is 0 Å². The highest BCUT2D eigenvalue weighted by Gasteiger charge is 2.53. The van der Waals surface area contributed by atoms with E-state index in [1.807, 2.05) is 12.2 Å². The molecule has 1 saturated carbocycles. The summed E-state index contributed by atoms with van der Waals surface area (Å²) in [7, 11) is -1.87. The molecular formula is C22H38O2Si. The van der Waals surface area contributed by atoms with Gasteiger partial charge in [0.2, 0.25) is 0 Å². The molecule has 2 aliphatic carbocycles. The molecule has 0 saturated heterocycles. The highest BCUT2D eigenvalue weighted by molar-refractivity contribution is 6.74. The average molecular weight is 363 g/mol. The van der Waals surface area contributed by atoms with Gasteiger partial charge in [-0.05, 0) is 55.3 Å². The molecule has 2 nitrogen and oxygen atoms in total. The van der Waals surface area contributed by atoms with Gasteiger partial charge in [0.15, 0.2) is 14.1 Å². The fraction of sp³-hybridized carbons (Fsp3) is 0.773. The van der Waals surface area contributed by atoms with Crippen LogP contribution in [0.1, 0.15) is 67.2 Å². The van der Waals surface area contributed by atoms with Gasteiger partial charge in [-0.3, -0.25) is 4.79 Å². The maximum atomic E-state index is 12.6. The Morgan fingerprint density at radius 2 is 1.88 bits per heavy atom. The van der Waals surface area contributed by atoms with Crippen molar-refractivity contribution in [1.82, 2.24) is 0 Å². The normalized spacial score (nSPS) is 32.8. The molecule has 0 amide bonds. The SMILES string of the molecule is C=CC[C@@H]1C[C@@]2(C)C(=CC1=O)CC(C)(C)C[C@@H]2O[Si](C)(C)C(C)(C)C. The Labute approximate surface area is 156 Å². The van der Waals surface area contributed by atoms with Crippen LogP contribution in [0.2, 0.25) is 18.1 Å². The van der Waals surface area contributed by atoms with Crippen molar-refractivity contribution in [3.63, 3.8) is 0 Å². The highest BCUT2D eigenvalue weighted by atomic mass is 28.4. The fourth-order valence-corrected chi connectivity index (χ4v) is 5.62. The molecule has 0 heterocycles. The second kappa shape index (κ2) is 6.49. The minimum absolute atomic E-state index is 0.0212. The van der Waals surface area contributed by atoms with Crippen LogP contribution in [0.15, 0.2) is 24.3 Å². The van der Waals surface area contributed by atoms with Crippen LogP contribution in [-0.4, -0.2) is 20.2 Å². The first-order valence-corrected chi connectivity index (χ1v) is 12.7. The Morgan fingerprint density at radius 3 is 2.40 bits per heavy atom. The first-order valence-electron chi connectivity index (χ1n) is 9.75. The fourth-order valence-electron chi connectivity index (χ4n) is 4.21. The minimum Gasteiger partial charge on any atom is -0.413 e. The summed E-state index contributed by atoms with van der Waals surface area (Å²) in [6, 6.07) is 0. The molecule has 3 heteroatoms. The predicted octanol–water partition coefficient (Wildman–Crippen LogP) is 6.29. The third-order valence-electron chi connectivity index (χ3n) is 6.93. The molecule has 0 spiro atoms. The van der Waals surface area contributed by atoms with Gasteiger partial charge in [-0.15, -0.1) is 6.58 Å². The number of hydrogen-bond donors (Lipinski definition) is 0. The summed E-state index contributed by atoms with van der Waals surface area (Å²) < 4.78 is 6.97. The number of fused-ring (bicyclic) bond motifs is 1. The molecule has 25 heavy (non-hydrogen) atoms. The third kappa shape index (κ3) is 4.03. The van der Waals surface area contributed by atoms with Crippen molar-refractivity contribution in [2.45, 2.75) is 91.5 Å². The molecule has 0 aromatic rings. The van der Waals surface area contributed by atoms with E-state index in [0.29, 0.717) is 0 Å². The van der Waals surface area contributed by atoms with Gasteiger partial charge in [0.05, 0.1) is 6.10 Å². The monoisotopic (exact) mass is 362 g/mol. The number of carbonyl (C=O) groups excluding carboxylic acids is 1. The van der Waals surface area contributed by atoms with E-state index in [1.54, 1.807) is 0 Å². The Balaban J connectivity index is 2.42. The Morgan fingerprint density at radius 1 is 1.28 bits per heavy atom. The standard InChI is InChI=1S/C22H38O2Si/c1-10-11-16-13-22(7)17(12-18(16)23)14-21(5,6)15-19(22)24-25(8,9)20(2,3)4/h10,12,16,19H,1,11,13-15H2,2-9H3/t16-,19+,22+/m1/s1. The zero-order valence-corrected chi connectivity index (χ0v) is 18.7. The van der Waals surface area contributed by atoms with Gasteiger partial charge in [-0.2, -0.15) is 0 Å². The van der Waals surface area contributed by atoms with Crippen LogP contribution in [0.3, 0.4) is 0 Å². The predicted molar refractivity (Wildman–Crippen MR) is 109 cm³/mol. The van der Waals surface area contributed by atoms with Gasteiger partial charge in [0.25, 0.3) is 0 Å². The number of ketones is 1. The molecule has 3 atom stereocenters. The van der Waals surface area contributed by atoms with E-state index >= 15 is 0 Å². The first-order chi connectivity index (χ1) is 11.2. The zero-order chi connectivity index (χ0) is 19.3. The van der Waals surface area contributed by atoms with E-state index in [2.05, 4.69) is 61.2 Å². The van der Waals surface area contributed by atoms with Gasteiger partial charge in [0.1, 0.15) is 0 Å². The zero-order valence-electron chi connectivity index (χ0n) is 17.7. The number of rotatable bonds is 4. The lowest BCUT2D eigenvalue weighted by atomic mass is 9.56. The molecule has 1 fully saturated rings. The molecular weight excluding hydrogens is 324 g/mol. The molecule has 0 N–H and O–H groups in total. The third-order valence-corrected chi connectivity index (χ3v) is 11.4. The van der Waals surface area contributed by atoms with E-state index in [9.17, 15) is 4.79 Å². The smallest absolute Gasteiger partial charge is 0.192 e. The molecule has 2 aliphatic rings.